The zero-order chi connectivity index (χ0) is 48.1. The molecular formula is C50H59FN8O8S. The molecule has 6 N–H and O–H groups in total. The second-order valence-electron chi connectivity index (χ2n) is 20.0. The number of aromatic nitrogens is 2. The van der Waals surface area contributed by atoms with Crippen molar-refractivity contribution >= 4 is 49.9 Å². The molecule has 2 aromatic heterocycles. The Morgan fingerprint density at radius 1 is 1.01 bits per heavy atom. The van der Waals surface area contributed by atoms with E-state index in [1.54, 1.807) is 19.1 Å². The van der Waals surface area contributed by atoms with Gasteiger partial charge in [-0.05, 0) is 123 Å². The number of pyridine rings is 1. The average Bonchev–Trinajstić information content (AvgIpc) is 3.93. The van der Waals surface area contributed by atoms with Crippen molar-refractivity contribution in [2.45, 2.75) is 107 Å². The number of hydrogen-bond acceptors (Lipinski definition) is 12. The van der Waals surface area contributed by atoms with Crippen LogP contribution in [0.1, 0.15) is 122 Å². The fourth-order valence-corrected chi connectivity index (χ4v) is 12.0. The van der Waals surface area contributed by atoms with Crippen molar-refractivity contribution < 1.29 is 37.2 Å². The van der Waals surface area contributed by atoms with Gasteiger partial charge in [-0.15, -0.1) is 0 Å². The summed E-state index contributed by atoms with van der Waals surface area (Å²) < 4.78 is 50.7. The SMILES string of the molecule is CC(C)c1ccccc1[C@@H]1CCC[C@@H]1N1CC2(CCN(c3ccc(C(=O)NS(=O)(=O)c4ccc(NCC5CCC(C)(O)CC5)c([N+](=O)[O-])c4)c(Oc4cc5c(F)c[nH]c5nc4C(N)=O)c3)CC2)C1. The smallest absolute Gasteiger partial charge is 0.293 e. The number of sulfonamides is 1. The Labute approximate surface area is 395 Å². The first-order chi connectivity index (χ1) is 32.4. The van der Waals surface area contributed by atoms with E-state index in [1.165, 1.54) is 54.7 Å². The van der Waals surface area contributed by atoms with E-state index in [2.05, 4.69) is 63.2 Å². The number of carbonyl (C=O) groups excluding carboxylic acids is 2. The highest BCUT2D eigenvalue weighted by molar-refractivity contribution is 7.90. The molecule has 2 saturated carbocycles. The number of piperidine rings is 1. The third-order valence-corrected chi connectivity index (χ3v) is 16.3. The van der Waals surface area contributed by atoms with Gasteiger partial charge in [0.15, 0.2) is 11.4 Å². The molecule has 360 valence electrons. The van der Waals surface area contributed by atoms with E-state index >= 15 is 0 Å². The van der Waals surface area contributed by atoms with Crippen LogP contribution in [0.4, 0.5) is 21.5 Å². The van der Waals surface area contributed by atoms with E-state index in [-0.39, 0.29) is 50.8 Å². The van der Waals surface area contributed by atoms with Gasteiger partial charge in [0, 0.05) is 62.8 Å². The zero-order valence-corrected chi connectivity index (χ0v) is 39.4. The molecular weight excluding hydrogens is 892 g/mol. The van der Waals surface area contributed by atoms with Crippen LogP contribution in [-0.4, -0.2) is 89.5 Å². The van der Waals surface area contributed by atoms with Crippen molar-refractivity contribution in [1.29, 1.82) is 0 Å². The molecule has 18 heteroatoms. The molecule has 9 rings (SSSR count). The summed E-state index contributed by atoms with van der Waals surface area (Å²) in [5, 5.41) is 25.6. The monoisotopic (exact) mass is 950 g/mol. The number of fused-ring (bicyclic) bond motifs is 1. The standard InChI is InChI=1S/C50H59FN8O8S/c1-30(2)34-7-4-5-8-35(34)36-9-6-10-41(36)58-28-50(29-58)19-21-57(22-20-50)32-11-13-37(43(23-32)67-44-25-38-39(51)27-54-47(38)55-45(44)46(52)60)48(61)56-68(65,66)33-12-14-40(42(24-33)59(63)64)53-26-31-15-17-49(3,62)18-16-31/h4-5,7-8,11-14,23-25,27,30-31,36,41,53,62H,6,9-10,15-22,26,28-29H2,1-3H3,(H2,52,60)(H,54,55)(H,56,61)/t31?,36-,41-,49?/m0/s1. The van der Waals surface area contributed by atoms with Crippen LogP contribution in [-0.2, 0) is 10.0 Å². The number of aromatic amines is 1. The van der Waals surface area contributed by atoms with Gasteiger partial charge in [0.05, 0.1) is 26.4 Å². The highest BCUT2D eigenvalue weighted by Crippen LogP contribution is 2.49. The topological polar surface area (TPSA) is 226 Å². The molecule has 2 amide bonds. The quantitative estimate of drug-likeness (QED) is 0.0523. The third kappa shape index (κ3) is 9.50. The number of nitrogens with one attached hydrogen (secondary N) is 3. The van der Waals surface area contributed by atoms with Crippen LogP contribution in [0.3, 0.4) is 0 Å². The number of halogens is 1. The Morgan fingerprint density at radius 3 is 2.46 bits per heavy atom. The maximum absolute atomic E-state index is 14.8. The van der Waals surface area contributed by atoms with Crippen LogP contribution >= 0.6 is 0 Å². The van der Waals surface area contributed by atoms with E-state index in [1.807, 2.05) is 4.72 Å². The van der Waals surface area contributed by atoms with Crippen LogP contribution in [0.5, 0.6) is 11.5 Å². The summed E-state index contributed by atoms with van der Waals surface area (Å²) in [6.45, 7) is 10.2. The molecule has 2 saturated heterocycles. The van der Waals surface area contributed by atoms with E-state index < -0.39 is 48.8 Å². The minimum atomic E-state index is -4.71. The van der Waals surface area contributed by atoms with Crippen molar-refractivity contribution in [2.24, 2.45) is 17.1 Å². The molecule has 4 heterocycles. The van der Waals surface area contributed by atoms with Crippen molar-refractivity contribution in [3.63, 3.8) is 0 Å². The zero-order valence-electron chi connectivity index (χ0n) is 38.6. The second kappa shape index (κ2) is 18.4. The lowest BCUT2D eigenvalue weighted by Crippen LogP contribution is -2.63. The lowest BCUT2D eigenvalue weighted by molar-refractivity contribution is -0.384. The highest BCUT2D eigenvalue weighted by atomic mass is 32.2. The van der Waals surface area contributed by atoms with Crippen molar-refractivity contribution in [2.75, 3.05) is 42.9 Å². The number of anilines is 2. The Morgan fingerprint density at radius 2 is 1.75 bits per heavy atom. The van der Waals surface area contributed by atoms with Gasteiger partial charge in [0.1, 0.15) is 22.9 Å². The number of nitro groups is 1. The van der Waals surface area contributed by atoms with Crippen LogP contribution in [0, 0.1) is 27.3 Å². The highest BCUT2D eigenvalue weighted by Gasteiger charge is 2.49. The fraction of sp³-hybridized carbons (Fsp3) is 0.460. The summed E-state index contributed by atoms with van der Waals surface area (Å²) >= 11 is 0. The van der Waals surface area contributed by atoms with E-state index in [9.17, 15) is 37.6 Å². The van der Waals surface area contributed by atoms with Gasteiger partial charge in [-0.2, -0.15) is 0 Å². The number of rotatable bonds is 14. The molecule has 4 fully saturated rings. The first-order valence-electron chi connectivity index (χ1n) is 23.6. The number of carbonyl (C=O) groups is 2. The number of likely N-dealkylation sites (tertiary alicyclic amines) is 1. The van der Waals surface area contributed by atoms with E-state index in [0.717, 1.165) is 51.0 Å². The molecule has 0 radical (unpaired) electrons. The first kappa shape index (κ1) is 47.0. The first-order valence-corrected chi connectivity index (χ1v) is 25.1. The van der Waals surface area contributed by atoms with Crippen LogP contribution < -0.4 is 25.4 Å². The second-order valence-corrected chi connectivity index (χ2v) is 21.7. The summed E-state index contributed by atoms with van der Waals surface area (Å²) in [6.07, 6.45) is 9.20. The summed E-state index contributed by atoms with van der Waals surface area (Å²) in [4.78, 5) is 49.4. The molecule has 2 aliphatic heterocycles. The summed E-state index contributed by atoms with van der Waals surface area (Å²) in [5.41, 5.74) is 7.78. The molecule has 2 atom stereocenters. The molecule has 0 unspecified atom stereocenters. The number of amides is 2. The van der Waals surface area contributed by atoms with Gasteiger partial charge < -0.3 is 30.8 Å². The molecule has 2 aliphatic carbocycles. The maximum Gasteiger partial charge on any atom is 0.293 e. The number of benzene rings is 3. The Kier molecular flexibility index (Phi) is 12.7. The molecule has 4 aliphatic rings. The summed E-state index contributed by atoms with van der Waals surface area (Å²) in [5.74, 6) is -2.06. The van der Waals surface area contributed by atoms with Gasteiger partial charge in [-0.3, -0.25) is 24.6 Å². The molecule has 3 aromatic carbocycles. The molecule has 5 aromatic rings. The number of hydrogen-bond donors (Lipinski definition) is 5. The minimum Gasteiger partial charge on any atom is -0.454 e. The van der Waals surface area contributed by atoms with Gasteiger partial charge >= 0.3 is 0 Å². The number of nitrogens with two attached hydrogens (primary N) is 1. The Hall–Kier alpha value is -6.11. The molecule has 1 spiro atoms. The number of ether oxygens (including phenoxy) is 1. The van der Waals surface area contributed by atoms with Gasteiger partial charge in [0.2, 0.25) is 0 Å². The van der Waals surface area contributed by atoms with Crippen LogP contribution in [0.25, 0.3) is 11.0 Å². The largest absolute Gasteiger partial charge is 0.454 e. The lowest BCUT2D eigenvalue weighted by Gasteiger charge is -2.57. The van der Waals surface area contributed by atoms with Crippen molar-refractivity contribution in [1.82, 2.24) is 19.6 Å². The average molecular weight is 951 g/mol. The van der Waals surface area contributed by atoms with E-state index in [4.69, 9.17) is 10.5 Å². The Balaban J connectivity index is 0.939. The predicted octanol–water partition coefficient (Wildman–Crippen LogP) is 8.34. The maximum atomic E-state index is 14.8. The number of nitrogens with zero attached hydrogens (tertiary/aromatic N) is 4. The molecule has 16 nitrogen and oxygen atoms in total. The predicted molar refractivity (Wildman–Crippen MR) is 256 cm³/mol. The lowest BCUT2D eigenvalue weighted by atomic mass is 9.70. The minimum absolute atomic E-state index is 0.00919. The van der Waals surface area contributed by atoms with Crippen LogP contribution in [0.2, 0.25) is 0 Å². The number of nitro benzene ring substituents is 1. The molecule has 0 bridgehead atoms. The van der Waals surface area contributed by atoms with Gasteiger partial charge in [-0.25, -0.2) is 22.5 Å². The number of primary amides is 1. The summed E-state index contributed by atoms with van der Waals surface area (Å²) in [6, 6.07) is 18.7. The normalized spacial score (nSPS) is 22.9. The Bertz CT molecular complexity index is 2860. The molecule has 68 heavy (non-hydrogen) atoms. The summed E-state index contributed by atoms with van der Waals surface area (Å²) in [7, 11) is -4.71. The van der Waals surface area contributed by atoms with Crippen molar-refractivity contribution in [3.8, 4) is 11.5 Å². The number of H-pyrrole nitrogens is 1. The van der Waals surface area contributed by atoms with Gasteiger partial charge in [-0.1, -0.05) is 44.5 Å². The number of aliphatic hydroxyl groups is 1. The fourth-order valence-electron chi connectivity index (χ4n) is 11.0. The van der Waals surface area contributed by atoms with Gasteiger partial charge in [0.25, 0.3) is 27.5 Å². The third-order valence-electron chi connectivity index (χ3n) is 14.9. The van der Waals surface area contributed by atoms with Crippen molar-refractivity contribution in [3.05, 3.63) is 111 Å². The van der Waals surface area contributed by atoms with E-state index in [0.29, 0.717) is 56.0 Å². The van der Waals surface area contributed by atoms with Crippen LogP contribution in [0.15, 0.2) is 77.8 Å².